The van der Waals surface area contributed by atoms with Gasteiger partial charge in [-0.2, -0.15) is 4.99 Å². The zero-order valence-electron chi connectivity index (χ0n) is 15.2. The van der Waals surface area contributed by atoms with Gasteiger partial charge in [0.1, 0.15) is 0 Å². The number of hydrogen-bond donors (Lipinski definition) is 2. The van der Waals surface area contributed by atoms with Gasteiger partial charge in [0.15, 0.2) is 5.96 Å². The van der Waals surface area contributed by atoms with E-state index < -0.39 is 16.8 Å². The van der Waals surface area contributed by atoms with Gasteiger partial charge in [-0.15, -0.1) is 12.4 Å². The van der Waals surface area contributed by atoms with Crippen LogP contribution in [0.5, 0.6) is 0 Å². The summed E-state index contributed by atoms with van der Waals surface area (Å²) >= 11 is 0. The van der Waals surface area contributed by atoms with E-state index in [1.807, 2.05) is 6.92 Å². The summed E-state index contributed by atoms with van der Waals surface area (Å²) in [7, 11) is 0. The average Bonchev–Trinajstić information content (AvgIpc) is 2.61. The molecule has 6 N–H and O–H groups in total. The molecule has 0 aliphatic rings. The minimum absolute atomic E-state index is 0. The number of aromatic nitrogens is 1. The molecule has 29 heavy (non-hydrogen) atoms. The van der Waals surface area contributed by atoms with Crippen molar-refractivity contribution < 1.29 is 15.2 Å². The number of nitro groups is 1. The maximum absolute atomic E-state index is 12.9. The van der Waals surface area contributed by atoms with Crippen molar-refractivity contribution in [3.63, 3.8) is 0 Å². The number of nitrogens with two attached hydrogens (primary N) is 2. The van der Waals surface area contributed by atoms with Crippen molar-refractivity contribution in [1.29, 1.82) is 0 Å². The van der Waals surface area contributed by atoms with Gasteiger partial charge >= 0.3 is 0 Å². The normalized spacial score (nSPS) is 9.83. The zero-order valence-corrected chi connectivity index (χ0v) is 16.0. The maximum Gasteiger partial charge on any atom is 0.282 e. The van der Waals surface area contributed by atoms with Crippen LogP contribution in [0.15, 0.2) is 58.4 Å². The molecular weight excluding hydrogens is 402 g/mol. The number of pyridine rings is 1. The van der Waals surface area contributed by atoms with Gasteiger partial charge in [-0.25, -0.2) is 0 Å². The molecule has 1 aromatic heterocycles. The number of rotatable bonds is 3. The second-order valence-electron chi connectivity index (χ2n) is 5.88. The molecular formula is C18H18ClN5O5. The monoisotopic (exact) mass is 419 g/mol. The Morgan fingerprint density at radius 1 is 1.10 bits per heavy atom. The molecule has 0 unspecified atom stereocenters. The lowest BCUT2D eigenvalue weighted by atomic mass is 10.0. The van der Waals surface area contributed by atoms with Crippen LogP contribution in [-0.4, -0.2) is 26.8 Å². The van der Waals surface area contributed by atoms with Crippen LogP contribution < -0.4 is 17.0 Å². The molecule has 0 saturated heterocycles. The Kier molecular flexibility index (Phi) is 7.19. The van der Waals surface area contributed by atoms with Crippen LogP contribution in [0, 0.1) is 17.0 Å². The number of halogens is 1. The lowest BCUT2D eigenvalue weighted by Crippen LogP contribution is -2.25. The number of nitro benzene ring substituents is 1. The van der Waals surface area contributed by atoms with E-state index >= 15 is 0 Å². The Bertz CT molecular complexity index is 1170. The third-order valence-electron chi connectivity index (χ3n) is 3.97. The highest BCUT2D eigenvalue weighted by Crippen LogP contribution is 2.21. The fourth-order valence-corrected chi connectivity index (χ4v) is 2.73. The highest BCUT2D eigenvalue weighted by Gasteiger charge is 2.16. The zero-order chi connectivity index (χ0) is 19.7. The first kappa shape index (κ1) is 23.3. The Labute approximate surface area is 170 Å². The minimum Gasteiger partial charge on any atom is -0.412 e. The lowest BCUT2D eigenvalue weighted by Gasteiger charge is -2.11. The van der Waals surface area contributed by atoms with Crippen molar-refractivity contribution in [1.82, 2.24) is 4.57 Å². The van der Waals surface area contributed by atoms with E-state index in [9.17, 15) is 19.7 Å². The van der Waals surface area contributed by atoms with Crippen molar-refractivity contribution >= 4 is 40.7 Å². The van der Waals surface area contributed by atoms with Crippen LogP contribution in [0.2, 0.25) is 0 Å². The summed E-state index contributed by atoms with van der Waals surface area (Å²) in [6.07, 6.45) is 1.33. The van der Waals surface area contributed by atoms with Gasteiger partial charge in [-0.1, -0.05) is 17.7 Å². The Hall–Kier alpha value is -3.76. The quantitative estimate of drug-likeness (QED) is 0.278. The highest BCUT2D eigenvalue weighted by molar-refractivity contribution is 6.10. The van der Waals surface area contributed by atoms with Crippen LogP contribution in [0.4, 0.5) is 5.69 Å². The van der Waals surface area contributed by atoms with Gasteiger partial charge in [0.2, 0.25) is 0 Å². The predicted octanol–water partition coefficient (Wildman–Crippen LogP) is 1.22. The number of carbonyl (C=O) groups excluding carboxylic acids is 1. The van der Waals surface area contributed by atoms with Crippen molar-refractivity contribution in [2.45, 2.75) is 6.92 Å². The van der Waals surface area contributed by atoms with E-state index in [4.69, 9.17) is 11.5 Å². The van der Waals surface area contributed by atoms with Gasteiger partial charge in [0.05, 0.1) is 10.5 Å². The number of carbonyl (C=O) groups is 1. The second-order valence-corrected chi connectivity index (χ2v) is 5.88. The number of aliphatic imine (C=N–C) groups is 1. The van der Waals surface area contributed by atoms with Crippen molar-refractivity contribution in [3.05, 3.63) is 80.3 Å². The summed E-state index contributed by atoms with van der Waals surface area (Å²) in [5.74, 6) is -1.09. The van der Waals surface area contributed by atoms with Crippen molar-refractivity contribution in [2.75, 3.05) is 0 Å². The molecule has 10 nitrogen and oxygen atoms in total. The smallest absolute Gasteiger partial charge is 0.282 e. The number of hydrogen-bond acceptors (Lipinski definition) is 4. The van der Waals surface area contributed by atoms with Gasteiger partial charge in [0, 0.05) is 34.8 Å². The summed E-state index contributed by atoms with van der Waals surface area (Å²) in [5, 5.41) is 11.5. The number of aryl methyl sites for hydroxylation is 1. The summed E-state index contributed by atoms with van der Waals surface area (Å²) in [6, 6.07) is 10.5. The number of guanidine groups is 1. The second kappa shape index (κ2) is 8.95. The number of non-ortho nitro benzene ring substituents is 1. The van der Waals surface area contributed by atoms with Crippen LogP contribution in [-0.2, 0) is 0 Å². The van der Waals surface area contributed by atoms with Crippen molar-refractivity contribution in [3.8, 4) is 5.69 Å². The molecule has 2 aromatic carbocycles. The molecule has 3 aromatic rings. The molecule has 1 heterocycles. The van der Waals surface area contributed by atoms with Crippen LogP contribution in [0.25, 0.3) is 16.5 Å². The van der Waals surface area contributed by atoms with E-state index in [-0.39, 0.29) is 34.7 Å². The Morgan fingerprint density at radius 2 is 1.72 bits per heavy atom. The number of fused-ring (bicyclic) bond motifs is 1. The third kappa shape index (κ3) is 4.57. The standard InChI is InChI=1S/C18H15N5O4.ClH.H2O/c1-10-2-7-13-14(8-10)15(16(24)21-18(19)20)9-22(17(13)25)11-3-5-12(6-4-11)23(26)27;;/h2-9H,1H3,(H4,19,20,21,24);1H;1H2. The van der Waals surface area contributed by atoms with Crippen LogP contribution in [0.1, 0.15) is 15.9 Å². The Balaban J connectivity index is 0.00000210. The fraction of sp³-hybridized carbons (Fsp3) is 0.0556. The summed E-state index contributed by atoms with van der Waals surface area (Å²) in [4.78, 5) is 39.2. The molecule has 152 valence electrons. The lowest BCUT2D eigenvalue weighted by molar-refractivity contribution is -0.384. The molecule has 0 aliphatic carbocycles. The molecule has 0 atom stereocenters. The molecule has 0 saturated carbocycles. The van der Waals surface area contributed by atoms with Crippen molar-refractivity contribution in [2.24, 2.45) is 16.5 Å². The molecule has 3 rings (SSSR count). The molecule has 0 fully saturated rings. The first-order valence-corrected chi connectivity index (χ1v) is 7.83. The van der Waals surface area contributed by atoms with E-state index in [0.29, 0.717) is 16.5 Å². The van der Waals surface area contributed by atoms with Crippen LogP contribution in [0.3, 0.4) is 0 Å². The third-order valence-corrected chi connectivity index (χ3v) is 3.97. The number of benzene rings is 2. The number of nitrogens with zero attached hydrogens (tertiary/aromatic N) is 3. The molecule has 1 amide bonds. The fourth-order valence-electron chi connectivity index (χ4n) is 2.73. The van der Waals surface area contributed by atoms with Gasteiger partial charge < -0.3 is 16.9 Å². The van der Waals surface area contributed by atoms with Crippen LogP contribution >= 0.6 is 12.4 Å². The summed E-state index contributed by atoms with van der Waals surface area (Å²) < 4.78 is 1.23. The molecule has 0 radical (unpaired) electrons. The van der Waals surface area contributed by atoms with Gasteiger partial charge in [-0.3, -0.25) is 24.3 Å². The highest BCUT2D eigenvalue weighted by atomic mass is 35.5. The van der Waals surface area contributed by atoms with Gasteiger partial charge in [0.25, 0.3) is 17.2 Å². The predicted molar refractivity (Wildman–Crippen MR) is 112 cm³/mol. The van der Waals surface area contributed by atoms with E-state index in [0.717, 1.165) is 5.56 Å². The summed E-state index contributed by atoms with van der Waals surface area (Å²) in [6.45, 7) is 1.83. The average molecular weight is 420 g/mol. The molecule has 11 heteroatoms. The van der Waals surface area contributed by atoms with Gasteiger partial charge in [-0.05, 0) is 25.1 Å². The minimum atomic E-state index is -0.693. The molecule has 0 bridgehead atoms. The Morgan fingerprint density at radius 3 is 2.28 bits per heavy atom. The molecule has 0 aliphatic heterocycles. The SMILES string of the molecule is Cc1ccc2c(=O)n(-c3ccc([N+](=O)[O-])cc3)cc(C(=O)N=C(N)N)c2c1.Cl.O. The van der Waals surface area contributed by atoms with E-state index in [1.54, 1.807) is 18.2 Å². The largest absolute Gasteiger partial charge is 0.412 e. The maximum atomic E-state index is 12.9. The summed E-state index contributed by atoms with van der Waals surface area (Å²) in [5.41, 5.74) is 11.5. The first-order valence-electron chi connectivity index (χ1n) is 7.83. The number of amides is 1. The van der Waals surface area contributed by atoms with E-state index in [2.05, 4.69) is 4.99 Å². The molecule has 0 spiro atoms. The topological polar surface area (TPSA) is 178 Å². The first-order chi connectivity index (χ1) is 12.8. The van der Waals surface area contributed by atoms with E-state index in [1.165, 1.54) is 35.0 Å².